The van der Waals surface area contributed by atoms with Crippen molar-refractivity contribution < 1.29 is 23.9 Å². The van der Waals surface area contributed by atoms with Crippen LogP contribution in [0.15, 0.2) is 77.6 Å². The van der Waals surface area contributed by atoms with E-state index in [1.54, 1.807) is 18.0 Å². The van der Waals surface area contributed by atoms with E-state index < -0.39 is 0 Å². The molecule has 1 heterocycles. The highest BCUT2D eigenvalue weighted by Crippen LogP contribution is 2.32. The Bertz CT molecular complexity index is 1710. The Morgan fingerprint density at radius 2 is 1.62 bits per heavy atom. The van der Waals surface area contributed by atoms with Crippen LogP contribution in [0.1, 0.15) is 112 Å². The molecule has 0 spiro atoms. The lowest BCUT2D eigenvalue weighted by Gasteiger charge is -2.21. The van der Waals surface area contributed by atoms with Crippen molar-refractivity contribution in [1.82, 2.24) is 20.3 Å². The lowest BCUT2D eigenvalue weighted by Crippen LogP contribution is -2.38. The minimum absolute atomic E-state index is 0.000804. The average Bonchev–Trinajstić information content (AvgIpc) is 4.10. The summed E-state index contributed by atoms with van der Waals surface area (Å²) in [5.41, 5.74) is 11.9. The molecule has 3 atom stereocenters. The third-order valence-electron chi connectivity index (χ3n) is 8.99. The molecule has 60 heavy (non-hydrogen) atoms. The number of allylic oxidation sites excluding steroid dienone is 3. The molecule has 3 aromatic rings. The Morgan fingerprint density at radius 3 is 2.27 bits per heavy atom. The summed E-state index contributed by atoms with van der Waals surface area (Å²) in [6.45, 7) is 15.9. The molecule has 0 saturated heterocycles. The van der Waals surface area contributed by atoms with Crippen molar-refractivity contribution in [3.8, 4) is 11.3 Å². The van der Waals surface area contributed by atoms with E-state index in [-0.39, 0.29) is 48.5 Å². The number of aromatic nitrogens is 1. The molecule has 4 amide bonds. The SMILES string of the molecule is CC.CC.CCCCC/C=C\[C@H](C)C(CCNCNC(=O)COCC(C)CC/C=C/c1ccc2[nH]c(-c3ccccc3)cc(=O)c2c1)C(=O)NSC1CC1.NC=O.NC=O. The van der Waals surface area contributed by atoms with Crippen LogP contribution in [0.5, 0.6) is 0 Å². The number of pyridine rings is 1. The normalized spacial score (nSPS) is 13.1. The van der Waals surface area contributed by atoms with Crippen LogP contribution < -0.4 is 32.3 Å². The topological polar surface area (TPSA) is 198 Å². The summed E-state index contributed by atoms with van der Waals surface area (Å²) in [5, 5.41) is 7.36. The number of rotatable bonds is 23. The first-order valence-corrected chi connectivity index (χ1v) is 22.4. The molecule has 334 valence electrons. The van der Waals surface area contributed by atoms with Crippen LogP contribution in [0.4, 0.5) is 0 Å². The van der Waals surface area contributed by atoms with Crippen LogP contribution in [0.3, 0.4) is 0 Å². The first-order valence-electron chi connectivity index (χ1n) is 21.5. The van der Waals surface area contributed by atoms with Crippen molar-refractivity contribution in [2.45, 2.75) is 112 Å². The largest absolute Gasteiger partial charge is 0.372 e. The van der Waals surface area contributed by atoms with Gasteiger partial charge in [0.1, 0.15) is 6.61 Å². The molecule has 8 N–H and O–H groups in total. The number of hydrogen-bond acceptors (Lipinski definition) is 8. The number of aromatic amines is 1. The number of ether oxygens (including phenoxy) is 1. The number of primary amides is 2. The molecule has 1 fully saturated rings. The number of amides is 4. The average molecular weight is 851 g/mol. The van der Waals surface area contributed by atoms with Crippen LogP contribution in [-0.4, -0.2) is 61.3 Å². The number of nitrogens with two attached hydrogens (primary N) is 2. The van der Waals surface area contributed by atoms with Crippen molar-refractivity contribution in [1.29, 1.82) is 0 Å². The predicted octanol–water partition coefficient (Wildman–Crippen LogP) is 8.27. The van der Waals surface area contributed by atoms with Crippen LogP contribution >= 0.6 is 11.9 Å². The van der Waals surface area contributed by atoms with Crippen LogP contribution in [-0.2, 0) is 23.9 Å². The van der Waals surface area contributed by atoms with E-state index in [9.17, 15) is 14.4 Å². The second-order valence-corrected chi connectivity index (χ2v) is 14.9. The number of fused-ring (bicyclic) bond motifs is 1. The van der Waals surface area contributed by atoms with Gasteiger partial charge in [-0.15, -0.1) is 0 Å². The smallest absolute Gasteiger partial charge is 0.246 e. The van der Waals surface area contributed by atoms with E-state index in [1.165, 1.54) is 32.1 Å². The monoisotopic (exact) mass is 851 g/mol. The fourth-order valence-electron chi connectivity index (χ4n) is 5.73. The number of hydrogen-bond donors (Lipinski definition) is 6. The zero-order valence-electron chi connectivity index (χ0n) is 37.2. The molecule has 1 aliphatic rings. The lowest BCUT2D eigenvalue weighted by atomic mass is 9.89. The minimum Gasteiger partial charge on any atom is -0.372 e. The van der Waals surface area contributed by atoms with Gasteiger partial charge in [0.2, 0.25) is 24.6 Å². The second kappa shape index (κ2) is 36.2. The van der Waals surface area contributed by atoms with Gasteiger partial charge in [-0.05, 0) is 98.5 Å². The van der Waals surface area contributed by atoms with Gasteiger partial charge in [0.15, 0.2) is 5.43 Å². The van der Waals surface area contributed by atoms with Crippen molar-refractivity contribution in [3.63, 3.8) is 0 Å². The molecular weight excluding hydrogens is 777 g/mol. The molecule has 13 heteroatoms. The quantitative estimate of drug-likeness (QED) is 0.0180. The summed E-state index contributed by atoms with van der Waals surface area (Å²) in [6.07, 6.45) is 18.6. The van der Waals surface area contributed by atoms with Crippen molar-refractivity contribution in [2.24, 2.45) is 29.2 Å². The molecule has 2 aromatic carbocycles. The first kappa shape index (κ1) is 55.3. The molecule has 0 bridgehead atoms. The third kappa shape index (κ3) is 25.0. The third-order valence-corrected chi connectivity index (χ3v) is 10.1. The number of H-pyrrole nitrogens is 1. The van der Waals surface area contributed by atoms with Crippen LogP contribution in [0, 0.1) is 17.8 Å². The summed E-state index contributed by atoms with van der Waals surface area (Å²) in [6, 6.07) is 17.4. The summed E-state index contributed by atoms with van der Waals surface area (Å²) in [5.74, 6) is 0.268. The van der Waals surface area contributed by atoms with Gasteiger partial charge in [0.25, 0.3) is 0 Å². The standard InChI is InChI=1S/C41H56N4O4S.2C2H6.2CH3NO/c1-4-5-6-7-9-15-31(3)35(41(48)45-50-34-20-21-34)23-24-42-29-43-40(47)28-49-27-30(2)14-12-13-16-32-19-22-37-36(25-32)39(46)26-38(44-37)33-17-10-8-11-18-33;2*1-2;2*2-1-3/h8-11,13,15-19,22,25-26,30-31,34-35,42H,4-7,12,14,20-21,23-24,27-29H2,1-3H3,(H,43,47)(H,44,46)(H,45,48);2*1-2H3;2*1H,(H2,2,3)/b15-9-,16-13+;;;;/t30?,31-,35?;;;;/m0..../s1. The Balaban J connectivity index is 0.00000319. The fourth-order valence-corrected chi connectivity index (χ4v) is 6.53. The zero-order chi connectivity index (χ0) is 45.0. The van der Waals surface area contributed by atoms with Crippen LogP contribution in [0.2, 0.25) is 0 Å². The Morgan fingerprint density at radius 1 is 0.933 bits per heavy atom. The predicted molar refractivity (Wildman–Crippen MR) is 252 cm³/mol. The second-order valence-electron chi connectivity index (χ2n) is 13.8. The van der Waals surface area contributed by atoms with Gasteiger partial charge < -0.3 is 26.5 Å². The van der Waals surface area contributed by atoms with E-state index in [2.05, 4.69) is 70.8 Å². The highest BCUT2D eigenvalue weighted by atomic mass is 32.2. The maximum atomic E-state index is 13.0. The van der Waals surface area contributed by atoms with E-state index in [0.717, 1.165) is 41.6 Å². The van der Waals surface area contributed by atoms with Gasteiger partial charge in [-0.3, -0.25) is 34.0 Å². The van der Waals surface area contributed by atoms with Gasteiger partial charge in [-0.25, -0.2) is 0 Å². The van der Waals surface area contributed by atoms with Gasteiger partial charge in [-0.2, -0.15) is 0 Å². The highest BCUT2D eigenvalue weighted by Gasteiger charge is 2.27. The fraction of sp³-hybridized carbons (Fsp3) is 0.511. The molecule has 4 rings (SSSR count). The molecule has 1 saturated carbocycles. The Kier molecular flexibility index (Phi) is 33.3. The highest BCUT2D eigenvalue weighted by molar-refractivity contribution is 7.98. The summed E-state index contributed by atoms with van der Waals surface area (Å²) in [7, 11) is 0. The van der Waals surface area contributed by atoms with Gasteiger partial charge in [0.05, 0.1) is 6.67 Å². The summed E-state index contributed by atoms with van der Waals surface area (Å²) in [4.78, 5) is 58.7. The maximum Gasteiger partial charge on any atom is 0.246 e. The van der Waals surface area contributed by atoms with Gasteiger partial charge in [-0.1, -0.05) is 122 Å². The minimum atomic E-state index is -0.162. The van der Waals surface area contributed by atoms with Crippen LogP contribution in [0.25, 0.3) is 28.2 Å². The molecule has 0 radical (unpaired) electrons. The van der Waals surface area contributed by atoms with E-state index in [1.807, 2.05) is 82.3 Å². The Labute approximate surface area is 363 Å². The van der Waals surface area contributed by atoms with Gasteiger partial charge in [0, 0.05) is 40.4 Å². The first-order chi connectivity index (χ1) is 29.2. The van der Waals surface area contributed by atoms with Crippen molar-refractivity contribution >= 4 is 53.6 Å². The van der Waals surface area contributed by atoms with Crippen molar-refractivity contribution in [3.05, 3.63) is 88.6 Å². The number of carbonyl (C=O) groups excluding carboxylic acids is 4. The molecule has 1 aliphatic carbocycles. The number of nitrogens with one attached hydrogen (secondary N) is 4. The molecule has 2 unspecified atom stereocenters. The molecule has 12 nitrogen and oxygen atoms in total. The molecule has 0 aliphatic heterocycles. The zero-order valence-corrected chi connectivity index (χ0v) is 38.0. The van der Waals surface area contributed by atoms with E-state index >= 15 is 0 Å². The molecule has 1 aromatic heterocycles. The summed E-state index contributed by atoms with van der Waals surface area (Å²) >= 11 is 1.56. The van der Waals surface area contributed by atoms with Crippen molar-refractivity contribution in [2.75, 3.05) is 26.4 Å². The Hall–Kier alpha value is -4.72. The molecular formula is C47H74N6O6S. The number of carbonyl (C=O) groups is 4. The number of unbranched alkanes of at least 4 members (excludes halogenated alkanes) is 3. The summed E-state index contributed by atoms with van der Waals surface area (Å²) < 4.78 is 8.76. The van der Waals surface area contributed by atoms with E-state index in [4.69, 9.17) is 14.3 Å². The lowest BCUT2D eigenvalue weighted by molar-refractivity contribution is -0.126. The number of benzene rings is 2. The van der Waals surface area contributed by atoms with E-state index in [0.29, 0.717) is 42.8 Å². The maximum absolute atomic E-state index is 13.0. The van der Waals surface area contributed by atoms with Gasteiger partial charge >= 0.3 is 0 Å².